The summed E-state index contributed by atoms with van der Waals surface area (Å²) < 4.78 is 0. The van der Waals surface area contributed by atoms with E-state index in [2.05, 4.69) is 250 Å². The second-order valence-electron chi connectivity index (χ2n) is 18.1. The lowest BCUT2D eigenvalue weighted by atomic mass is 9.86. The zero-order valence-electron chi connectivity index (χ0n) is 39.3. The maximum atomic E-state index is 5.31. The highest BCUT2D eigenvalue weighted by Gasteiger charge is 2.20. The highest BCUT2D eigenvalue weighted by Crippen LogP contribution is 2.42. The second-order valence-corrected chi connectivity index (χ2v) is 18.1. The molecule has 12 aromatic rings. The maximum Gasteiger partial charge on any atom is 0.160 e. The smallest absolute Gasteiger partial charge is 0.160 e. The van der Waals surface area contributed by atoms with Crippen LogP contribution in [0.3, 0.4) is 0 Å². The molecular weight excluding hydrogens is 859 g/mol. The molecule has 0 bridgehead atoms. The molecule has 10 aromatic carbocycles. The van der Waals surface area contributed by atoms with Crippen molar-refractivity contribution in [2.75, 3.05) is 0 Å². The lowest BCUT2D eigenvalue weighted by Gasteiger charge is -2.19. The standard InChI is InChI=1S/C68H47N3/c1-45(60-33-11-12-34-61(60)66-46(2)67(69-63-36-14-13-35-62(63)66)58-38-37-49-23-9-10-24-51(49)42-58)50-25-15-28-54(39-50)55-29-17-31-57(41-55)65-44-64(56-30-16-26-52(40-56)47-19-5-3-6-20-47)70-68(71-65)59-32-18-27-53(43-59)48-21-7-4-8-22-48/h3-44H,1H2,2H3. The number of hydrogen-bond acceptors (Lipinski definition) is 3. The predicted octanol–water partition coefficient (Wildman–Crippen LogP) is 17.9. The van der Waals surface area contributed by atoms with Gasteiger partial charge in [0.05, 0.1) is 22.6 Å². The molecule has 0 saturated heterocycles. The van der Waals surface area contributed by atoms with Crippen molar-refractivity contribution in [1.82, 2.24) is 15.0 Å². The number of para-hydroxylation sites is 1. The van der Waals surface area contributed by atoms with Gasteiger partial charge in [0.1, 0.15) is 0 Å². The summed E-state index contributed by atoms with van der Waals surface area (Å²) in [6, 6.07) is 90.0. The van der Waals surface area contributed by atoms with Crippen molar-refractivity contribution >= 4 is 27.2 Å². The first kappa shape index (κ1) is 43.0. The summed E-state index contributed by atoms with van der Waals surface area (Å²) in [7, 11) is 0. The Morgan fingerprint density at radius 3 is 1.55 bits per heavy atom. The molecule has 3 heteroatoms. The molecule has 0 spiro atoms. The molecular formula is C68H47N3. The van der Waals surface area contributed by atoms with Gasteiger partial charge >= 0.3 is 0 Å². The Balaban J connectivity index is 0.928. The summed E-state index contributed by atoms with van der Waals surface area (Å²) in [5.41, 5.74) is 21.0. The van der Waals surface area contributed by atoms with Gasteiger partial charge in [-0.15, -0.1) is 0 Å². The Hall–Kier alpha value is -9.31. The van der Waals surface area contributed by atoms with E-state index in [-0.39, 0.29) is 0 Å². The van der Waals surface area contributed by atoms with Crippen molar-refractivity contribution < 1.29 is 0 Å². The Morgan fingerprint density at radius 1 is 0.352 bits per heavy atom. The highest BCUT2D eigenvalue weighted by atomic mass is 14.9. The van der Waals surface area contributed by atoms with Gasteiger partial charge in [-0.3, -0.25) is 0 Å². The summed E-state index contributed by atoms with van der Waals surface area (Å²) in [4.78, 5) is 15.9. The normalized spacial score (nSPS) is 11.2. The monoisotopic (exact) mass is 905 g/mol. The van der Waals surface area contributed by atoms with Crippen molar-refractivity contribution in [2.45, 2.75) is 6.92 Å². The third kappa shape index (κ3) is 8.51. The minimum Gasteiger partial charge on any atom is -0.247 e. The Morgan fingerprint density at radius 2 is 0.859 bits per heavy atom. The molecule has 2 heterocycles. The van der Waals surface area contributed by atoms with Gasteiger partial charge in [0, 0.05) is 27.6 Å². The van der Waals surface area contributed by atoms with Crippen LogP contribution in [0, 0.1) is 6.92 Å². The summed E-state index contributed by atoms with van der Waals surface area (Å²) >= 11 is 0. The van der Waals surface area contributed by atoms with E-state index in [0.29, 0.717) is 5.82 Å². The van der Waals surface area contributed by atoms with Gasteiger partial charge in [-0.1, -0.05) is 219 Å². The quantitative estimate of drug-likeness (QED) is 0.137. The average molecular weight is 906 g/mol. The number of rotatable bonds is 10. The summed E-state index contributed by atoms with van der Waals surface area (Å²) in [5, 5.41) is 3.52. The number of benzene rings is 10. The van der Waals surface area contributed by atoms with Gasteiger partial charge in [0.25, 0.3) is 0 Å². The lowest BCUT2D eigenvalue weighted by Crippen LogP contribution is -1.98. The predicted molar refractivity (Wildman–Crippen MR) is 298 cm³/mol. The molecule has 71 heavy (non-hydrogen) atoms. The topological polar surface area (TPSA) is 38.7 Å². The van der Waals surface area contributed by atoms with Crippen LogP contribution < -0.4 is 0 Å². The van der Waals surface area contributed by atoms with Gasteiger partial charge in [-0.05, 0) is 127 Å². The number of aromatic nitrogens is 3. The first-order valence-corrected chi connectivity index (χ1v) is 24.1. The van der Waals surface area contributed by atoms with Crippen molar-refractivity contribution in [3.63, 3.8) is 0 Å². The molecule has 0 aliphatic carbocycles. The third-order valence-corrected chi connectivity index (χ3v) is 13.6. The molecule has 0 fully saturated rings. The molecule has 334 valence electrons. The van der Waals surface area contributed by atoms with Gasteiger partial charge < -0.3 is 0 Å². The van der Waals surface area contributed by atoms with Crippen molar-refractivity contribution in [3.05, 3.63) is 278 Å². The number of nitrogens with zero attached hydrogens (tertiary/aromatic N) is 3. The number of pyridine rings is 1. The molecule has 0 radical (unpaired) electrons. The fraction of sp³-hybridized carbons (Fsp3) is 0.0147. The fourth-order valence-corrected chi connectivity index (χ4v) is 9.97. The van der Waals surface area contributed by atoms with E-state index < -0.39 is 0 Å². The SMILES string of the molecule is C=C(c1cccc(-c2cccc(-c3cc(-c4cccc(-c5ccccc5)c4)nc(-c4cccc(-c5ccccc5)c4)n3)c2)c1)c1ccccc1-c1c(C)c(-c2ccc3ccccc3c2)nc2ccccc12. The zero-order valence-corrected chi connectivity index (χ0v) is 39.3. The Labute approximate surface area is 414 Å². The molecule has 0 aliphatic heterocycles. The molecule has 0 atom stereocenters. The van der Waals surface area contributed by atoms with E-state index in [0.717, 1.165) is 111 Å². The third-order valence-electron chi connectivity index (χ3n) is 13.6. The molecule has 0 N–H and O–H groups in total. The average Bonchev–Trinajstić information content (AvgIpc) is 3.45. The van der Waals surface area contributed by atoms with Crippen LogP contribution in [0.4, 0.5) is 0 Å². The van der Waals surface area contributed by atoms with E-state index in [4.69, 9.17) is 21.5 Å². The first-order valence-electron chi connectivity index (χ1n) is 24.1. The van der Waals surface area contributed by atoms with Crippen LogP contribution >= 0.6 is 0 Å². The van der Waals surface area contributed by atoms with Gasteiger partial charge in [0.15, 0.2) is 5.82 Å². The van der Waals surface area contributed by atoms with Crippen LogP contribution in [-0.2, 0) is 0 Å². The Bertz CT molecular complexity index is 3860. The molecule has 0 aliphatic rings. The molecule has 2 aromatic heterocycles. The van der Waals surface area contributed by atoms with Crippen LogP contribution in [0.5, 0.6) is 0 Å². The molecule has 0 amide bonds. The first-order chi connectivity index (χ1) is 35.0. The van der Waals surface area contributed by atoms with Crippen LogP contribution in [0.2, 0.25) is 0 Å². The Kier molecular flexibility index (Phi) is 11.3. The van der Waals surface area contributed by atoms with E-state index >= 15 is 0 Å². The van der Waals surface area contributed by atoms with Crippen molar-refractivity contribution in [3.8, 4) is 89.7 Å². The van der Waals surface area contributed by atoms with Crippen LogP contribution in [0.1, 0.15) is 16.7 Å². The fourth-order valence-electron chi connectivity index (χ4n) is 9.97. The minimum absolute atomic E-state index is 0.671. The maximum absolute atomic E-state index is 5.31. The van der Waals surface area contributed by atoms with Crippen molar-refractivity contribution in [2.24, 2.45) is 0 Å². The lowest BCUT2D eigenvalue weighted by molar-refractivity contribution is 1.18. The van der Waals surface area contributed by atoms with E-state index in [1.165, 1.54) is 16.3 Å². The molecule has 3 nitrogen and oxygen atoms in total. The molecule has 0 unspecified atom stereocenters. The zero-order chi connectivity index (χ0) is 47.7. The van der Waals surface area contributed by atoms with Crippen LogP contribution in [-0.4, -0.2) is 15.0 Å². The van der Waals surface area contributed by atoms with E-state index in [1.54, 1.807) is 0 Å². The second kappa shape index (κ2) is 18.6. The summed E-state index contributed by atoms with van der Waals surface area (Å²) in [5.74, 6) is 0.671. The van der Waals surface area contributed by atoms with Gasteiger partial charge in [-0.2, -0.15) is 0 Å². The summed E-state index contributed by atoms with van der Waals surface area (Å²) in [6.45, 7) is 7.01. The van der Waals surface area contributed by atoms with E-state index in [1.807, 2.05) is 12.1 Å². The summed E-state index contributed by atoms with van der Waals surface area (Å²) in [6.07, 6.45) is 0. The number of hydrogen-bond donors (Lipinski definition) is 0. The van der Waals surface area contributed by atoms with Gasteiger partial charge in [0.2, 0.25) is 0 Å². The van der Waals surface area contributed by atoms with Crippen molar-refractivity contribution in [1.29, 1.82) is 0 Å². The van der Waals surface area contributed by atoms with Crippen LogP contribution in [0.25, 0.3) is 117 Å². The van der Waals surface area contributed by atoms with Gasteiger partial charge in [-0.25, -0.2) is 15.0 Å². The minimum atomic E-state index is 0.671. The highest BCUT2D eigenvalue weighted by molar-refractivity contribution is 6.03. The molecule has 12 rings (SSSR count). The number of fused-ring (bicyclic) bond motifs is 2. The molecule has 0 saturated carbocycles. The van der Waals surface area contributed by atoms with E-state index in [9.17, 15) is 0 Å². The van der Waals surface area contributed by atoms with Crippen LogP contribution in [0.15, 0.2) is 261 Å². The largest absolute Gasteiger partial charge is 0.247 e.